The Morgan fingerprint density at radius 3 is 2.75 bits per heavy atom. The van der Waals surface area contributed by atoms with E-state index < -0.39 is 0 Å². The maximum absolute atomic E-state index is 11.9. The summed E-state index contributed by atoms with van der Waals surface area (Å²) in [5.41, 5.74) is 1.12. The van der Waals surface area contributed by atoms with Gasteiger partial charge in [-0.3, -0.25) is 4.79 Å². The first-order valence-corrected chi connectivity index (χ1v) is 7.31. The summed E-state index contributed by atoms with van der Waals surface area (Å²) in [6, 6.07) is 9.18. The Hall–Kier alpha value is -1.86. The molecule has 0 radical (unpaired) electrons. The van der Waals surface area contributed by atoms with E-state index >= 15 is 0 Å². The number of nitriles is 1. The summed E-state index contributed by atoms with van der Waals surface area (Å²) in [7, 11) is 0. The molecule has 0 unspecified atom stereocenters. The second-order valence-corrected chi connectivity index (χ2v) is 5.21. The van der Waals surface area contributed by atoms with Crippen molar-refractivity contribution < 1.29 is 4.79 Å². The standard InChI is InChI=1S/C16H21N3O/c17-13-14-7-2-3-8-15(14)18-16(20)9-6-12-19-10-4-1-5-11-19/h2-3,7-8H,1,4-6,9-12H2,(H,18,20). The molecule has 106 valence electrons. The molecule has 1 aromatic rings. The number of hydrogen-bond acceptors (Lipinski definition) is 3. The van der Waals surface area contributed by atoms with Crippen LogP contribution in [0.2, 0.25) is 0 Å². The largest absolute Gasteiger partial charge is 0.325 e. The molecule has 1 fully saturated rings. The molecule has 1 aromatic carbocycles. The van der Waals surface area contributed by atoms with Gasteiger partial charge in [0.2, 0.25) is 5.91 Å². The van der Waals surface area contributed by atoms with Crippen LogP contribution in [0.3, 0.4) is 0 Å². The van der Waals surface area contributed by atoms with Crippen molar-refractivity contribution >= 4 is 11.6 Å². The van der Waals surface area contributed by atoms with Crippen molar-refractivity contribution in [1.29, 1.82) is 5.26 Å². The van der Waals surface area contributed by atoms with Crippen LogP contribution in [0.1, 0.15) is 37.7 Å². The number of rotatable bonds is 5. The van der Waals surface area contributed by atoms with Gasteiger partial charge in [-0.15, -0.1) is 0 Å². The fourth-order valence-electron chi connectivity index (χ4n) is 2.55. The van der Waals surface area contributed by atoms with Crippen LogP contribution >= 0.6 is 0 Å². The lowest BCUT2D eigenvalue weighted by molar-refractivity contribution is -0.116. The highest BCUT2D eigenvalue weighted by Gasteiger charge is 2.11. The number of likely N-dealkylation sites (tertiary alicyclic amines) is 1. The zero-order chi connectivity index (χ0) is 14.2. The molecule has 0 bridgehead atoms. The van der Waals surface area contributed by atoms with Gasteiger partial charge >= 0.3 is 0 Å². The van der Waals surface area contributed by atoms with Crippen molar-refractivity contribution in [2.75, 3.05) is 25.0 Å². The average molecular weight is 271 g/mol. The fraction of sp³-hybridized carbons (Fsp3) is 0.500. The number of para-hydroxylation sites is 1. The molecule has 0 aliphatic carbocycles. The minimum Gasteiger partial charge on any atom is -0.325 e. The molecule has 1 amide bonds. The monoisotopic (exact) mass is 271 g/mol. The van der Waals surface area contributed by atoms with E-state index in [1.54, 1.807) is 18.2 Å². The number of nitrogens with one attached hydrogen (secondary N) is 1. The van der Waals surface area contributed by atoms with Crippen LogP contribution in [0.25, 0.3) is 0 Å². The third-order valence-electron chi connectivity index (χ3n) is 3.65. The normalized spacial score (nSPS) is 15.6. The predicted molar refractivity (Wildman–Crippen MR) is 79.3 cm³/mol. The number of piperidine rings is 1. The van der Waals surface area contributed by atoms with Crippen molar-refractivity contribution in [2.45, 2.75) is 32.1 Å². The van der Waals surface area contributed by atoms with Crippen LogP contribution in [0, 0.1) is 11.3 Å². The summed E-state index contributed by atoms with van der Waals surface area (Å²) in [5, 5.41) is 11.8. The van der Waals surface area contributed by atoms with E-state index in [4.69, 9.17) is 5.26 Å². The minimum absolute atomic E-state index is 0.00953. The number of anilines is 1. The Bertz CT molecular complexity index is 487. The lowest BCUT2D eigenvalue weighted by Gasteiger charge is -2.26. The van der Waals surface area contributed by atoms with Gasteiger partial charge in [-0.1, -0.05) is 18.6 Å². The van der Waals surface area contributed by atoms with Gasteiger partial charge in [-0.05, 0) is 51.0 Å². The molecule has 0 aromatic heterocycles. The summed E-state index contributed by atoms with van der Waals surface area (Å²) >= 11 is 0. The maximum Gasteiger partial charge on any atom is 0.224 e. The lowest BCUT2D eigenvalue weighted by Crippen LogP contribution is -2.31. The third kappa shape index (κ3) is 4.36. The van der Waals surface area contributed by atoms with Crippen molar-refractivity contribution in [3.63, 3.8) is 0 Å². The summed E-state index contributed by atoms with van der Waals surface area (Å²) in [6.45, 7) is 3.32. The molecular weight excluding hydrogens is 250 g/mol. The van der Waals surface area contributed by atoms with E-state index in [9.17, 15) is 4.79 Å². The number of benzene rings is 1. The van der Waals surface area contributed by atoms with E-state index in [0.717, 1.165) is 13.0 Å². The predicted octanol–water partition coefficient (Wildman–Crippen LogP) is 2.76. The smallest absolute Gasteiger partial charge is 0.224 e. The zero-order valence-corrected chi connectivity index (χ0v) is 11.8. The van der Waals surface area contributed by atoms with Crippen LogP contribution in [0.5, 0.6) is 0 Å². The van der Waals surface area contributed by atoms with E-state index in [2.05, 4.69) is 16.3 Å². The first-order chi connectivity index (χ1) is 9.79. The van der Waals surface area contributed by atoms with Gasteiger partial charge in [-0.25, -0.2) is 0 Å². The Morgan fingerprint density at radius 2 is 2.00 bits per heavy atom. The minimum atomic E-state index is -0.00953. The Morgan fingerprint density at radius 1 is 1.25 bits per heavy atom. The molecule has 4 heteroatoms. The first-order valence-electron chi connectivity index (χ1n) is 7.31. The van der Waals surface area contributed by atoms with E-state index in [-0.39, 0.29) is 5.91 Å². The molecule has 1 N–H and O–H groups in total. The number of hydrogen-bond donors (Lipinski definition) is 1. The van der Waals surface area contributed by atoms with Crippen LogP contribution in [-0.2, 0) is 4.79 Å². The van der Waals surface area contributed by atoms with Crippen molar-refractivity contribution in [3.8, 4) is 6.07 Å². The first kappa shape index (κ1) is 14.5. The SMILES string of the molecule is N#Cc1ccccc1NC(=O)CCCN1CCCCC1. The molecule has 1 heterocycles. The molecule has 1 saturated heterocycles. The quantitative estimate of drug-likeness (QED) is 0.896. The number of amides is 1. The van der Waals surface area contributed by atoms with Crippen LogP contribution in [-0.4, -0.2) is 30.4 Å². The van der Waals surface area contributed by atoms with Gasteiger partial charge in [0.05, 0.1) is 11.3 Å². The van der Waals surface area contributed by atoms with Gasteiger partial charge in [0, 0.05) is 6.42 Å². The second kappa shape index (κ2) is 7.66. The number of nitrogens with zero attached hydrogens (tertiary/aromatic N) is 2. The summed E-state index contributed by atoms with van der Waals surface area (Å²) in [4.78, 5) is 14.3. The molecule has 1 aliphatic rings. The lowest BCUT2D eigenvalue weighted by atomic mass is 10.1. The van der Waals surface area contributed by atoms with E-state index in [1.807, 2.05) is 6.07 Å². The van der Waals surface area contributed by atoms with Crippen molar-refractivity contribution in [2.24, 2.45) is 0 Å². The molecule has 0 atom stereocenters. The van der Waals surface area contributed by atoms with Crippen molar-refractivity contribution in [1.82, 2.24) is 4.90 Å². The summed E-state index contributed by atoms with van der Waals surface area (Å²) < 4.78 is 0. The van der Waals surface area contributed by atoms with E-state index in [1.165, 1.54) is 32.4 Å². The third-order valence-corrected chi connectivity index (χ3v) is 3.65. The highest BCUT2D eigenvalue weighted by atomic mass is 16.1. The summed E-state index contributed by atoms with van der Waals surface area (Å²) in [5.74, 6) is -0.00953. The topological polar surface area (TPSA) is 56.1 Å². The average Bonchev–Trinajstić information content (AvgIpc) is 2.49. The number of carbonyl (C=O) groups is 1. The molecule has 0 saturated carbocycles. The molecule has 20 heavy (non-hydrogen) atoms. The zero-order valence-electron chi connectivity index (χ0n) is 11.8. The molecule has 0 spiro atoms. The molecule has 4 nitrogen and oxygen atoms in total. The highest BCUT2D eigenvalue weighted by Crippen LogP contribution is 2.14. The Labute approximate surface area is 120 Å². The highest BCUT2D eigenvalue weighted by molar-refractivity contribution is 5.92. The van der Waals surface area contributed by atoms with Gasteiger partial charge in [0.1, 0.15) is 6.07 Å². The fourth-order valence-corrected chi connectivity index (χ4v) is 2.55. The Kier molecular flexibility index (Phi) is 5.57. The van der Waals surface area contributed by atoms with Crippen LogP contribution < -0.4 is 5.32 Å². The van der Waals surface area contributed by atoms with Gasteiger partial charge in [-0.2, -0.15) is 5.26 Å². The second-order valence-electron chi connectivity index (χ2n) is 5.21. The van der Waals surface area contributed by atoms with Gasteiger partial charge in [0.25, 0.3) is 0 Å². The van der Waals surface area contributed by atoms with Gasteiger partial charge < -0.3 is 10.2 Å². The number of carbonyl (C=O) groups excluding carboxylic acids is 1. The molecular formula is C16H21N3O. The van der Waals surface area contributed by atoms with Gasteiger partial charge in [0.15, 0.2) is 0 Å². The van der Waals surface area contributed by atoms with Crippen LogP contribution in [0.4, 0.5) is 5.69 Å². The Balaban J connectivity index is 1.73. The van der Waals surface area contributed by atoms with Crippen LogP contribution in [0.15, 0.2) is 24.3 Å². The maximum atomic E-state index is 11.9. The van der Waals surface area contributed by atoms with Crippen molar-refractivity contribution in [3.05, 3.63) is 29.8 Å². The van der Waals surface area contributed by atoms with E-state index in [0.29, 0.717) is 17.7 Å². The molecule has 1 aliphatic heterocycles. The summed E-state index contributed by atoms with van der Waals surface area (Å²) in [6.07, 6.45) is 5.28. The molecule has 2 rings (SSSR count).